The molecule has 0 saturated carbocycles. The van der Waals surface area contributed by atoms with Crippen molar-refractivity contribution < 1.29 is 4.57 Å². The second-order valence-corrected chi connectivity index (χ2v) is 4.95. The maximum Gasteiger partial charge on any atom is 0.225 e. The fraction of sp³-hybridized carbons (Fsp3) is 0.250. The fourth-order valence-electron chi connectivity index (χ4n) is 1.55. The van der Waals surface area contributed by atoms with Gasteiger partial charge >= 0.3 is 0 Å². The Morgan fingerprint density at radius 2 is 2.27 bits per heavy atom. The van der Waals surface area contributed by atoms with Crippen molar-refractivity contribution in [3.8, 4) is 0 Å². The molecule has 0 aliphatic heterocycles. The Morgan fingerprint density at radius 3 is 3.07 bits per heavy atom. The van der Waals surface area contributed by atoms with Crippen LogP contribution >= 0.6 is 22.9 Å². The molecule has 1 aromatic carbocycles. The van der Waals surface area contributed by atoms with Gasteiger partial charge in [-0.2, -0.15) is 4.57 Å². The maximum atomic E-state index is 5.79. The third-order valence-electron chi connectivity index (χ3n) is 2.28. The molecular weight excluding hydrogens is 226 g/mol. The van der Waals surface area contributed by atoms with Gasteiger partial charge in [-0.1, -0.05) is 41.1 Å². The van der Waals surface area contributed by atoms with Crippen molar-refractivity contribution in [2.75, 3.05) is 0 Å². The molecule has 0 radical (unpaired) electrons. The van der Waals surface area contributed by atoms with E-state index in [4.69, 9.17) is 11.6 Å². The maximum absolute atomic E-state index is 5.79. The van der Waals surface area contributed by atoms with Gasteiger partial charge in [0.05, 0.1) is 0 Å². The van der Waals surface area contributed by atoms with Crippen LogP contribution in [0.15, 0.2) is 40.9 Å². The van der Waals surface area contributed by atoms with Crippen molar-refractivity contribution in [3.63, 3.8) is 0 Å². The third kappa shape index (κ3) is 2.58. The monoisotopic (exact) mass is 238 g/mol. The molecule has 0 atom stereocenters. The molecule has 3 heteroatoms. The summed E-state index contributed by atoms with van der Waals surface area (Å²) in [6, 6.07) is 8.46. The Kier molecular flexibility index (Phi) is 3.39. The highest BCUT2D eigenvalue weighted by molar-refractivity contribution is 7.16. The van der Waals surface area contributed by atoms with Gasteiger partial charge in [0.1, 0.15) is 4.70 Å². The molecule has 0 spiro atoms. The van der Waals surface area contributed by atoms with Crippen LogP contribution in [0, 0.1) is 0 Å². The normalized spacial score (nSPS) is 12.3. The van der Waals surface area contributed by atoms with Crippen LogP contribution in [-0.2, 0) is 6.54 Å². The molecule has 0 aliphatic rings. The second kappa shape index (κ2) is 4.77. The van der Waals surface area contributed by atoms with Gasteiger partial charge in [0, 0.05) is 17.5 Å². The van der Waals surface area contributed by atoms with E-state index in [1.54, 1.807) is 11.3 Å². The van der Waals surface area contributed by atoms with Crippen molar-refractivity contribution in [3.05, 3.63) is 40.9 Å². The van der Waals surface area contributed by atoms with Crippen molar-refractivity contribution >= 4 is 33.2 Å². The highest BCUT2D eigenvalue weighted by Gasteiger charge is 2.08. The smallest absolute Gasteiger partial charge is 0.188 e. The van der Waals surface area contributed by atoms with Gasteiger partial charge in [-0.15, -0.1) is 0 Å². The summed E-state index contributed by atoms with van der Waals surface area (Å²) in [5.74, 6) is 0. The molecule has 2 rings (SSSR count). The van der Waals surface area contributed by atoms with Crippen LogP contribution in [0.25, 0.3) is 10.2 Å². The van der Waals surface area contributed by atoms with Crippen LogP contribution in [0.5, 0.6) is 0 Å². The molecule has 1 nitrogen and oxygen atoms in total. The Morgan fingerprint density at radius 1 is 1.47 bits per heavy atom. The van der Waals surface area contributed by atoms with E-state index in [0.29, 0.717) is 0 Å². The summed E-state index contributed by atoms with van der Waals surface area (Å²) in [7, 11) is 0. The molecule has 0 amide bonds. The number of allylic oxidation sites excluding steroid dienone is 2. The summed E-state index contributed by atoms with van der Waals surface area (Å²) in [5, 5.41) is 0.870. The molecule has 0 unspecified atom stereocenters. The zero-order chi connectivity index (χ0) is 10.7. The van der Waals surface area contributed by atoms with Crippen molar-refractivity contribution in [1.82, 2.24) is 0 Å². The summed E-state index contributed by atoms with van der Waals surface area (Å²) in [6.07, 6.45) is 3.04. The number of aromatic nitrogens is 1. The van der Waals surface area contributed by atoms with Gasteiger partial charge < -0.3 is 0 Å². The molecule has 1 heterocycles. The lowest BCUT2D eigenvalue weighted by molar-refractivity contribution is -0.666. The Balaban J connectivity index is 2.18. The van der Waals surface area contributed by atoms with E-state index in [0.717, 1.165) is 18.0 Å². The van der Waals surface area contributed by atoms with Gasteiger partial charge in [-0.25, -0.2) is 0 Å². The van der Waals surface area contributed by atoms with Crippen LogP contribution < -0.4 is 4.57 Å². The number of hydrogen-bond donors (Lipinski definition) is 0. The number of fused-ring (bicyclic) bond motifs is 1. The number of thiazole rings is 1. The minimum Gasteiger partial charge on any atom is -0.188 e. The summed E-state index contributed by atoms with van der Waals surface area (Å²) in [6.45, 7) is 2.91. The SMILES string of the molecule is CC(Cl)=CCC[n+]1csc2ccccc21. The van der Waals surface area contributed by atoms with Gasteiger partial charge in [-0.3, -0.25) is 0 Å². The summed E-state index contributed by atoms with van der Waals surface area (Å²) < 4.78 is 3.61. The number of aryl methyl sites for hydroxylation is 1. The molecule has 1 aromatic heterocycles. The first kappa shape index (κ1) is 10.7. The predicted octanol–water partition coefficient (Wildman–Crippen LogP) is 3.72. The first-order valence-electron chi connectivity index (χ1n) is 4.95. The van der Waals surface area contributed by atoms with E-state index in [-0.39, 0.29) is 0 Å². The predicted molar refractivity (Wildman–Crippen MR) is 66.2 cm³/mol. The van der Waals surface area contributed by atoms with Gasteiger partial charge in [0.25, 0.3) is 0 Å². The molecule has 0 N–H and O–H groups in total. The number of hydrogen-bond acceptors (Lipinski definition) is 1. The molecule has 78 valence electrons. The van der Waals surface area contributed by atoms with Gasteiger partial charge in [0.15, 0.2) is 6.54 Å². The van der Waals surface area contributed by atoms with Crippen molar-refractivity contribution in [1.29, 1.82) is 0 Å². The van der Waals surface area contributed by atoms with Gasteiger partial charge in [-0.05, 0) is 13.0 Å². The summed E-state index contributed by atoms with van der Waals surface area (Å²) >= 11 is 7.57. The standard InChI is InChI=1S/C12H13ClNS/c1-10(13)5-4-8-14-9-15-12-7-3-2-6-11(12)14/h2-3,5-7,9H,4,8H2,1H3/q+1. The van der Waals surface area contributed by atoms with Crippen LogP contribution in [0.1, 0.15) is 13.3 Å². The van der Waals surface area contributed by atoms with E-state index in [2.05, 4.69) is 40.4 Å². The minimum absolute atomic E-state index is 0.870. The van der Waals surface area contributed by atoms with E-state index >= 15 is 0 Å². The largest absolute Gasteiger partial charge is 0.225 e. The Labute approximate surface area is 98.6 Å². The molecule has 0 aliphatic carbocycles. The molecule has 15 heavy (non-hydrogen) atoms. The first-order valence-corrected chi connectivity index (χ1v) is 6.21. The highest BCUT2D eigenvalue weighted by Crippen LogP contribution is 2.15. The molecule has 0 bridgehead atoms. The number of benzene rings is 1. The van der Waals surface area contributed by atoms with Crippen LogP contribution in [0.4, 0.5) is 0 Å². The second-order valence-electron chi connectivity index (χ2n) is 3.46. The minimum atomic E-state index is 0.870. The summed E-state index contributed by atoms with van der Waals surface area (Å²) in [5.41, 5.74) is 3.48. The van der Waals surface area contributed by atoms with Crippen molar-refractivity contribution in [2.45, 2.75) is 19.9 Å². The highest BCUT2D eigenvalue weighted by atomic mass is 35.5. The number of nitrogens with zero attached hydrogens (tertiary/aromatic N) is 1. The lowest BCUT2D eigenvalue weighted by Crippen LogP contribution is -2.30. The van der Waals surface area contributed by atoms with E-state index in [9.17, 15) is 0 Å². The molecule has 2 aromatic rings. The fourth-order valence-corrected chi connectivity index (χ4v) is 2.58. The zero-order valence-corrected chi connectivity index (χ0v) is 10.2. The molecule has 0 saturated heterocycles. The van der Waals surface area contributed by atoms with Gasteiger partial charge in [0.2, 0.25) is 11.0 Å². The lowest BCUT2D eigenvalue weighted by atomic mass is 10.3. The average molecular weight is 239 g/mol. The number of rotatable bonds is 3. The number of halogens is 1. The topological polar surface area (TPSA) is 3.88 Å². The van der Waals surface area contributed by atoms with Crippen LogP contribution in [0.3, 0.4) is 0 Å². The summed E-state index contributed by atoms with van der Waals surface area (Å²) in [4.78, 5) is 0. The van der Waals surface area contributed by atoms with Crippen LogP contribution in [-0.4, -0.2) is 0 Å². The quantitative estimate of drug-likeness (QED) is 0.718. The lowest BCUT2D eigenvalue weighted by Gasteiger charge is -1.91. The van der Waals surface area contributed by atoms with Crippen LogP contribution in [0.2, 0.25) is 0 Å². The zero-order valence-electron chi connectivity index (χ0n) is 8.61. The first-order chi connectivity index (χ1) is 7.27. The number of para-hydroxylation sites is 1. The molecular formula is C12H13ClNS+. The van der Waals surface area contributed by atoms with E-state index < -0.39 is 0 Å². The third-order valence-corrected chi connectivity index (χ3v) is 3.39. The van der Waals surface area contributed by atoms with E-state index in [1.165, 1.54) is 10.2 Å². The average Bonchev–Trinajstić information content (AvgIpc) is 2.62. The Bertz CT molecular complexity index is 483. The Hall–Kier alpha value is -0.860. The van der Waals surface area contributed by atoms with E-state index in [1.807, 2.05) is 6.92 Å². The molecule has 0 fully saturated rings. The van der Waals surface area contributed by atoms with Crippen molar-refractivity contribution in [2.24, 2.45) is 0 Å².